The summed E-state index contributed by atoms with van der Waals surface area (Å²) in [5.74, 6) is -0.0330. The third kappa shape index (κ3) is 3.56. The van der Waals surface area contributed by atoms with Gasteiger partial charge in [0.2, 0.25) is 5.91 Å². The fourth-order valence-electron chi connectivity index (χ4n) is 2.61. The third-order valence-corrected chi connectivity index (χ3v) is 4.80. The summed E-state index contributed by atoms with van der Waals surface area (Å²) in [4.78, 5) is 22.1. The molecule has 122 valence electrons. The predicted octanol–water partition coefficient (Wildman–Crippen LogP) is 4.54. The number of anilines is 1. The van der Waals surface area contributed by atoms with Crippen molar-refractivity contribution in [2.24, 2.45) is 0 Å². The van der Waals surface area contributed by atoms with Crippen molar-refractivity contribution in [1.82, 2.24) is 9.97 Å². The minimum absolute atomic E-state index is 0.0330. The lowest BCUT2D eigenvalue weighted by molar-refractivity contribution is -0.115. The number of carbonyl (C=O) groups is 1. The van der Waals surface area contributed by atoms with E-state index in [1.165, 1.54) is 0 Å². The Balaban J connectivity index is 1.54. The molecule has 0 bridgehead atoms. The molecular weight excluding hydrogens is 330 g/mol. The van der Waals surface area contributed by atoms with Crippen LogP contribution in [0, 0.1) is 0 Å². The molecule has 0 fully saturated rings. The average molecular weight is 345 g/mol. The predicted molar refractivity (Wildman–Crippen MR) is 102 cm³/mol. The van der Waals surface area contributed by atoms with Crippen LogP contribution in [0.3, 0.4) is 0 Å². The van der Waals surface area contributed by atoms with Crippen molar-refractivity contribution < 1.29 is 4.79 Å². The van der Waals surface area contributed by atoms with Crippen LogP contribution in [0.25, 0.3) is 20.9 Å². The fraction of sp³-hybridized carbons (Fsp3) is 0.0500. The molecule has 25 heavy (non-hydrogen) atoms. The van der Waals surface area contributed by atoms with E-state index in [2.05, 4.69) is 15.3 Å². The van der Waals surface area contributed by atoms with Gasteiger partial charge in [-0.25, -0.2) is 9.97 Å². The molecule has 0 atom stereocenters. The van der Waals surface area contributed by atoms with Gasteiger partial charge in [0.05, 0.1) is 6.42 Å². The molecule has 1 N–H and O–H groups in total. The second kappa shape index (κ2) is 6.83. The van der Waals surface area contributed by atoms with E-state index in [0.29, 0.717) is 6.42 Å². The molecule has 0 spiro atoms. The zero-order valence-electron chi connectivity index (χ0n) is 13.3. The first-order valence-corrected chi connectivity index (χ1v) is 8.75. The number of thiazole rings is 1. The molecule has 0 aliphatic heterocycles. The van der Waals surface area contributed by atoms with E-state index >= 15 is 0 Å². The topological polar surface area (TPSA) is 54.9 Å². The van der Waals surface area contributed by atoms with Crippen LogP contribution in [0.5, 0.6) is 0 Å². The molecule has 5 heteroatoms. The normalized spacial score (nSPS) is 10.7. The van der Waals surface area contributed by atoms with E-state index in [1.807, 2.05) is 66.7 Å². The zero-order chi connectivity index (χ0) is 17.1. The number of nitrogens with zero attached hydrogens (tertiary/aromatic N) is 2. The second-order valence-corrected chi connectivity index (χ2v) is 6.62. The lowest BCUT2D eigenvalue weighted by Crippen LogP contribution is -2.14. The minimum atomic E-state index is -0.0330. The van der Waals surface area contributed by atoms with Crippen molar-refractivity contribution in [3.8, 4) is 10.6 Å². The highest BCUT2D eigenvalue weighted by Crippen LogP contribution is 2.30. The monoisotopic (exact) mass is 345 g/mol. The maximum Gasteiger partial charge on any atom is 0.228 e. The molecule has 0 aliphatic rings. The summed E-state index contributed by atoms with van der Waals surface area (Å²) in [7, 11) is 0. The lowest BCUT2D eigenvalue weighted by Gasteiger charge is -2.06. The molecule has 0 aliphatic carbocycles. The van der Waals surface area contributed by atoms with E-state index in [-0.39, 0.29) is 5.91 Å². The Bertz CT molecular complexity index is 994. The number of nitrogens with one attached hydrogen (secondary N) is 1. The number of pyridine rings is 1. The van der Waals surface area contributed by atoms with Gasteiger partial charge in [0.15, 0.2) is 0 Å². The quantitative estimate of drug-likeness (QED) is 0.591. The highest BCUT2D eigenvalue weighted by atomic mass is 32.1. The molecule has 4 aromatic rings. The van der Waals surface area contributed by atoms with Crippen molar-refractivity contribution in [2.75, 3.05) is 5.32 Å². The van der Waals surface area contributed by atoms with Gasteiger partial charge >= 0.3 is 0 Å². The molecule has 2 heterocycles. The summed E-state index contributed by atoms with van der Waals surface area (Å²) >= 11 is 1.55. The lowest BCUT2D eigenvalue weighted by atomic mass is 10.1. The van der Waals surface area contributed by atoms with E-state index in [9.17, 15) is 4.79 Å². The van der Waals surface area contributed by atoms with Crippen LogP contribution in [0.15, 0.2) is 72.9 Å². The van der Waals surface area contributed by atoms with Crippen LogP contribution in [0.2, 0.25) is 0 Å². The van der Waals surface area contributed by atoms with Gasteiger partial charge in [-0.2, -0.15) is 0 Å². The average Bonchev–Trinajstić information content (AvgIpc) is 3.07. The number of carbonyl (C=O) groups excluding carboxylic acids is 1. The van der Waals surface area contributed by atoms with Crippen molar-refractivity contribution in [3.63, 3.8) is 0 Å². The summed E-state index contributed by atoms with van der Waals surface area (Å²) in [5.41, 5.74) is 3.63. The summed E-state index contributed by atoms with van der Waals surface area (Å²) in [5, 5.41) is 3.85. The highest BCUT2D eigenvalue weighted by Gasteiger charge is 2.09. The van der Waals surface area contributed by atoms with Crippen molar-refractivity contribution in [3.05, 3.63) is 78.5 Å². The number of hydrogen-bond donors (Lipinski definition) is 1. The molecule has 0 saturated carbocycles. The maximum atomic E-state index is 12.2. The number of aromatic nitrogens is 2. The van der Waals surface area contributed by atoms with Gasteiger partial charge in [-0.1, -0.05) is 53.8 Å². The molecule has 2 aromatic carbocycles. The van der Waals surface area contributed by atoms with Gasteiger partial charge in [-0.05, 0) is 29.8 Å². The Morgan fingerprint density at radius 3 is 2.72 bits per heavy atom. The molecule has 0 radical (unpaired) electrons. The molecule has 4 rings (SSSR count). The largest absolute Gasteiger partial charge is 0.326 e. The number of fused-ring (bicyclic) bond motifs is 1. The van der Waals surface area contributed by atoms with Gasteiger partial charge < -0.3 is 5.32 Å². The summed E-state index contributed by atoms with van der Waals surface area (Å²) in [6.07, 6.45) is 2.13. The van der Waals surface area contributed by atoms with Crippen LogP contribution in [0.4, 0.5) is 5.69 Å². The Kier molecular flexibility index (Phi) is 4.23. The summed E-state index contributed by atoms with van der Waals surface area (Å²) in [6, 6.07) is 21.3. The first-order chi connectivity index (χ1) is 12.3. The van der Waals surface area contributed by atoms with Crippen molar-refractivity contribution in [2.45, 2.75) is 6.42 Å². The molecule has 1 amide bonds. The smallest absolute Gasteiger partial charge is 0.228 e. The zero-order valence-corrected chi connectivity index (χ0v) is 14.2. The Morgan fingerprint density at radius 1 is 1.00 bits per heavy atom. The standard InChI is InChI=1S/C20H15N3OS/c24-18(12-14-6-2-1-3-7-14)22-16-9-4-8-15(13-16)19-23-17-10-5-11-21-20(17)25-19/h1-11,13H,12H2,(H,22,24). The third-order valence-electron chi connectivity index (χ3n) is 3.77. The Hall–Kier alpha value is -3.05. The summed E-state index contributed by atoms with van der Waals surface area (Å²) < 4.78 is 0. The summed E-state index contributed by atoms with van der Waals surface area (Å²) in [6.45, 7) is 0. The van der Waals surface area contributed by atoms with E-state index in [4.69, 9.17) is 0 Å². The van der Waals surface area contributed by atoms with Crippen molar-refractivity contribution >= 4 is 33.3 Å². The van der Waals surface area contributed by atoms with Gasteiger partial charge in [0.25, 0.3) is 0 Å². The van der Waals surface area contributed by atoms with Crippen LogP contribution in [-0.4, -0.2) is 15.9 Å². The van der Waals surface area contributed by atoms with Crippen LogP contribution >= 0.6 is 11.3 Å². The molecule has 4 nitrogen and oxygen atoms in total. The van der Waals surface area contributed by atoms with Crippen LogP contribution in [-0.2, 0) is 11.2 Å². The highest BCUT2D eigenvalue weighted by molar-refractivity contribution is 7.21. The number of benzene rings is 2. The fourth-order valence-corrected chi connectivity index (χ4v) is 3.51. The van der Waals surface area contributed by atoms with E-state index in [0.717, 1.165) is 32.2 Å². The maximum absolute atomic E-state index is 12.2. The van der Waals surface area contributed by atoms with E-state index < -0.39 is 0 Å². The molecular formula is C20H15N3OS. The van der Waals surface area contributed by atoms with Gasteiger partial charge in [0.1, 0.15) is 15.4 Å². The molecule has 0 unspecified atom stereocenters. The molecule has 2 aromatic heterocycles. The first-order valence-electron chi connectivity index (χ1n) is 7.94. The van der Waals surface area contributed by atoms with Gasteiger partial charge in [-0.15, -0.1) is 0 Å². The SMILES string of the molecule is O=C(Cc1ccccc1)Nc1cccc(-c2nc3cccnc3s2)c1. The van der Waals surface area contributed by atoms with E-state index in [1.54, 1.807) is 17.5 Å². The van der Waals surface area contributed by atoms with Gasteiger partial charge in [0, 0.05) is 17.4 Å². The minimum Gasteiger partial charge on any atom is -0.326 e. The number of hydrogen-bond acceptors (Lipinski definition) is 4. The van der Waals surface area contributed by atoms with Crippen LogP contribution < -0.4 is 5.32 Å². The van der Waals surface area contributed by atoms with Crippen molar-refractivity contribution in [1.29, 1.82) is 0 Å². The van der Waals surface area contributed by atoms with Gasteiger partial charge in [-0.3, -0.25) is 4.79 Å². The Morgan fingerprint density at radius 2 is 1.88 bits per heavy atom. The number of rotatable bonds is 4. The Labute approximate surface area is 149 Å². The molecule has 0 saturated heterocycles. The van der Waals surface area contributed by atoms with Crippen LogP contribution in [0.1, 0.15) is 5.56 Å². The number of amides is 1. The second-order valence-electron chi connectivity index (χ2n) is 5.64. The first kappa shape index (κ1) is 15.5.